The number of anilines is 2. The fourth-order valence-corrected chi connectivity index (χ4v) is 5.00. The van der Waals surface area contributed by atoms with Gasteiger partial charge in [-0.3, -0.25) is 15.4 Å². The number of benzene rings is 2. The molecule has 4 rings (SSSR count). The fraction of sp³-hybridized carbons (Fsp3) is 0.345. The van der Waals surface area contributed by atoms with E-state index in [0.29, 0.717) is 5.75 Å². The maximum Gasteiger partial charge on any atom is 0.319 e. The van der Waals surface area contributed by atoms with Crippen molar-refractivity contribution in [1.82, 2.24) is 9.88 Å². The molecule has 0 bridgehead atoms. The first-order valence-corrected chi connectivity index (χ1v) is 13.9. The van der Waals surface area contributed by atoms with Crippen LogP contribution in [0.1, 0.15) is 69.4 Å². The summed E-state index contributed by atoms with van der Waals surface area (Å²) in [4.78, 5) is 13.1. The van der Waals surface area contributed by atoms with Gasteiger partial charge in [-0.25, -0.2) is 4.79 Å². The molecule has 0 saturated carbocycles. The molecule has 0 saturated heterocycles. The highest BCUT2D eigenvalue weighted by Crippen LogP contribution is 2.38. The molecule has 1 aromatic heterocycles. The molecule has 0 aliphatic heterocycles. The predicted octanol–water partition coefficient (Wildman–Crippen LogP) is 6.58. The molecule has 2 atom stereocenters. The Morgan fingerprint density at radius 3 is 2.45 bits per heavy atom. The number of carbonyl (C=O) groups excluding carboxylic acids is 1. The number of hydrogen-bond acceptors (Lipinski definition) is 6. The Morgan fingerprint density at radius 2 is 1.76 bits per heavy atom. The SMILES string of the molecule is CSNc1cc(NC(=O)NC2CCC(Oc3ccc(=N)n(C(C)=N)c3)c3ccccc32)cc(C(C)(C)C)c1. The molecule has 38 heavy (non-hydrogen) atoms. The van der Waals surface area contributed by atoms with Crippen molar-refractivity contribution in [1.29, 1.82) is 10.8 Å². The zero-order valence-electron chi connectivity index (χ0n) is 22.5. The average molecular weight is 533 g/mol. The van der Waals surface area contributed by atoms with Crippen LogP contribution in [-0.2, 0) is 5.41 Å². The van der Waals surface area contributed by atoms with Crippen molar-refractivity contribution in [2.75, 3.05) is 16.3 Å². The molecule has 2 amide bonds. The van der Waals surface area contributed by atoms with Crippen LogP contribution >= 0.6 is 11.9 Å². The Labute approximate surface area is 228 Å². The Bertz CT molecular complexity index is 1390. The van der Waals surface area contributed by atoms with Gasteiger partial charge in [0.25, 0.3) is 0 Å². The smallest absolute Gasteiger partial charge is 0.319 e. The highest BCUT2D eigenvalue weighted by Gasteiger charge is 2.29. The second-order valence-corrected chi connectivity index (χ2v) is 11.1. The van der Waals surface area contributed by atoms with Crippen molar-refractivity contribution < 1.29 is 9.53 Å². The maximum atomic E-state index is 13.1. The first-order valence-electron chi connectivity index (χ1n) is 12.7. The summed E-state index contributed by atoms with van der Waals surface area (Å²) < 4.78 is 11.1. The van der Waals surface area contributed by atoms with Gasteiger partial charge in [-0.1, -0.05) is 57.0 Å². The van der Waals surface area contributed by atoms with E-state index in [1.165, 1.54) is 16.5 Å². The van der Waals surface area contributed by atoms with Crippen LogP contribution in [-0.4, -0.2) is 22.7 Å². The van der Waals surface area contributed by atoms with Crippen LogP contribution in [0.4, 0.5) is 16.2 Å². The summed E-state index contributed by atoms with van der Waals surface area (Å²) in [5.41, 5.74) is 5.04. The van der Waals surface area contributed by atoms with E-state index >= 15 is 0 Å². The largest absolute Gasteiger partial charge is 0.484 e. The molecule has 8 nitrogen and oxygen atoms in total. The van der Waals surface area contributed by atoms with E-state index in [4.69, 9.17) is 15.6 Å². The van der Waals surface area contributed by atoms with Crippen LogP contribution in [0.2, 0.25) is 0 Å². The average Bonchev–Trinajstić information content (AvgIpc) is 2.86. The van der Waals surface area contributed by atoms with Crippen molar-refractivity contribution in [2.24, 2.45) is 0 Å². The summed E-state index contributed by atoms with van der Waals surface area (Å²) >= 11 is 1.51. The molecule has 1 aliphatic carbocycles. The molecule has 200 valence electrons. The Morgan fingerprint density at radius 1 is 1.05 bits per heavy atom. The number of rotatable bonds is 6. The van der Waals surface area contributed by atoms with Crippen molar-refractivity contribution in [3.63, 3.8) is 0 Å². The van der Waals surface area contributed by atoms with E-state index in [2.05, 4.69) is 42.2 Å². The lowest BCUT2D eigenvalue weighted by atomic mass is 9.85. The molecule has 2 aromatic carbocycles. The molecule has 1 heterocycles. The van der Waals surface area contributed by atoms with Gasteiger partial charge in [0.15, 0.2) is 0 Å². The first kappa shape index (κ1) is 27.3. The zero-order valence-corrected chi connectivity index (χ0v) is 23.3. The zero-order chi connectivity index (χ0) is 27.4. The summed E-state index contributed by atoms with van der Waals surface area (Å²) in [6.45, 7) is 8.09. The maximum absolute atomic E-state index is 13.1. The van der Waals surface area contributed by atoms with E-state index in [0.717, 1.165) is 40.9 Å². The van der Waals surface area contributed by atoms with E-state index < -0.39 is 0 Å². The molecule has 0 spiro atoms. The molecule has 5 N–H and O–H groups in total. The van der Waals surface area contributed by atoms with Crippen molar-refractivity contribution in [3.05, 3.63) is 83.0 Å². The fourth-order valence-electron chi connectivity index (χ4n) is 4.65. The van der Waals surface area contributed by atoms with Gasteiger partial charge in [0, 0.05) is 17.6 Å². The van der Waals surface area contributed by atoms with Gasteiger partial charge < -0.3 is 20.1 Å². The number of pyridine rings is 1. The van der Waals surface area contributed by atoms with E-state index in [9.17, 15) is 4.79 Å². The minimum Gasteiger partial charge on any atom is -0.484 e. The summed E-state index contributed by atoms with van der Waals surface area (Å²) in [6, 6.07) is 17.1. The molecular weight excluding hydrogens is 496 g/mol. The number of fused-ring (bicyclic) bond motifs is 1. The monoisotopic (exact) mass is 532 g/mol. The number of amides is 2. The molecule has 1 aliphatic rings. The number of carbonyl (C=O) groups is 1. The van der Waals surface area contributed by atoms with Gasteiger partial charge in [0.1, 0.15) is 23.2 Å². The second kappa shape index (κ2) is 11.3. The Balaban J connectivity index is 1.51. The van der Waals surface area contributed by atoms with Crippen molar-refractivity contribution in [2.45, 2.75) is 58.1 Å². The summed E-state index contributed by atoms with van der Waals surface area (Å²) in [5, 5.41) is 22.1. The molecule has 3 aromatic rings. The first-order chi connectivity index (χ1) is 18.0. The number of urea groups is 1. The quantitative estimate of drug-likeness (QED) is 0.140. The van der Waals surface area contributed by atoms with Crippen LogP contribution in [0, 0.1) is 10.8 Å². The van der Waals surface area contributed by atoms with Gasteiger partial charge >= 0.3 is 6.03 Å². The third-order valence-electron chi connectivity index (χ3n) is 6.58. The van der Waals surface area contributed by atoms with Gasteiger partial charge in [0.2, 0.25) is 0 Å². The third-order valence-corrected chi connectivity index (χ3v) is 7.02. The highest BCUT2D eigenvalue weighted by molar-refractivity contribution is 7.99. The predicted molar refractivity (Wildman–Crippen MR) is 155 cm³/mol. The van der Waals surface area contributed by atoms with Crippen molar-refractivity contribution in [3.8, 4) is 5.75 Å². The van der Waals surface area contributed by atoms with Crippen LogP contribution in [0.5, 0.6) is 5.75 Å². The van der Waals surface area contributed by atoms with Crippen LogP contribution in [0.15, 0.2) is 60.8 Å². The second-order valence-electron chi connectivity index (χ2n) is 10.5. The molecule has 2 unspecified atom stereocenters. The van der Waals surface area contributed by atoms with E-state index in [-0.39, 0.29) is 34.9 Å². The van der Waals surface area contributed by atoms with Gasteiger partial charge in [-0.2, -0.15) is 0 Å². The summed E-state index contributed by atoms with van der Waals surface area (Å²) in [5.74, 6) is 0.856. The molecular formula is C29H36N6O2S. The third kappa shape index (κ3) is 6.39. The van der Waals surface area contributed by atoms with Crippen molar-refractivity contribution >= 4 is 35.2 Å². The van der Waals surface area contributed by atoms with E-state index in [1.54, 1.807) is 25.3 Å². The van der Waals surface area contributed by atoms with Gasteiger partial charge in [0.05, 0.1) is 12.2 Å². The highest BCUT2D eigenvalue weighted by atomic mass is 32.2. The summed E-state index contributed by atoms with van der Waals surface area (Å²) in [6.07, 6.45) is 4.90. The molecule has 0 fully saturated rings. The lowest BCUT2D eigenvalue weighted by molar-refractivity contribution is 0.171. The lowest BCUT2D eigenvalue weighted by Crippen LogP contribution is -2.35. The Hall–Kier alpha value is -3.72. The van der Waals surface area contributed by atoms with Gasteiger partial charge in [-0.15, -0.1) is 0 Å². The van der Waals surface area contributed by atoms with Crippen LogP contribution in [0.25, 0.3) is 0 Å². The standard InChI is InChI=1S/C29H36N6O2S/c1-18(30)35-17-22(10-13-27(35)31)37-26-12-11-25(23-8-6-7-9-24(23)26)33-28(36)32-20-14-19(29(2,3)4)15-21(16-20)34-38-5/h6-10,13-17,25-26,30-31,34H,11-12H2,1-5H3,(H2,32,33,36). The molecule has 0 radical (unpaired) electrons. The van der Waals surface area contributed by atoms with Crippen LogP contribution in [0.3, 0.4) is 0 Å². The minimum absolute atomic E-state index is 0.0576. The minimum atomic E-state index is -0.251. The number of aromatic nitrogens is 1. The topological polar surface area (TPSA) is 115 Å². The van der Waals surface area contributed by atoms with E-state index in [1.807, 2.05) is 42.7 Å². The Kier molecular flexibility index (Phi) is 8.16. The number of nitrogens with one attached hydrogen (secondary N) is 5. The lowest BCUT2D eigenvalue weighted by Gasteiger charge is -2.32. The number of hydrogen-bond donors (Lipinski definition) is 5. The normalized spacial score (nSPS) is 16.8. The number of nitrogens with zero attached hydrogens (tertiary/aromatic N) is 1. The number of ether oxygens (including phenoxy) is 1. The van der Waals surface area contributed by atoms with Gasteiger partial charge in [-0.05, 0) is 72.2 Å². The van der Waals surface area contributed by atoms with Crippen LogP contribution < -0.4 is 25.6 Å². The molecule has 9 heteroatoms. The summed E-state index contributed by atoms with van der Waals surface area (Å²) in [7, 11) is 0.